The van der Waals surface area contributed by atoms with Crippen LogP contribution in [0.2, 0.25) is 0 Å². The zero-order valence-electron chi connectivity index (χ0n) is 18.9. The van der Waals surface area contributed by atoms with Crippen molar-refractivity contribution in [3.8, 4) is 0 Å². The van der Waals surface area contributed by atoms with Crippen LogP contribution in [0, 0.1) is 0 Å². The van der Waals surface area contributed by atoms with Crippen LogP contribution in [-0.4, -0.2) is 88.8 Å². The highest BCUT2D eigenvalue weighted by Gasteiger charge is 2.53. The predicted octanol–water partition coefficient (Wildman–Crippen LogP) is -0.724. The minimum Gasteiger partial charge on any atom is -0.543 e. The zero-order chi connectivity index (χ0) is 24.5. The van der Waals surface area contributed by atoms with Crippen LogP contribution in [0.25, 0.3) is 0 Å². The summed E-state index contributed by atoms with van der Waals surface area (Å²) in [6.45, 7) is 3.00. The Morgan fingerprint density at radius 2 is 2.18 bits per heavy atom. The molecule has 2 saturated heterocycles. The molecule has 0 radical (unpaired) electrons. The number of nitrogens with one attached hydrogen (secondary N) is 1. The van der Waals surface area contributed by atoms with E-state index >= 15 is 0 Å². The number of rotatable bonds is 8. The number of hydrogen-bond donors (Lipinski definition) is 2. The zero-order valence-corrected chi connectivity index (χ0v) is 20.5. The molecular formula is C21H26N6O5S2. The average molecular weight is 507 g/mol. The van der Waals surface area contributed by atoms with Crippen LogP contribution in [0.1, 0.15) is 18.5 Å². The van der Waals surface area contributed by atoms with Crippen molar-refractivity contribution in [1.82, 2.24) is 15.2 Å². The molecule has 2 amide bonds. The lowest BCUT2D eigenvalue weighted by Crippen LogP contribution is -2.71. The minimum absolute atomic E-state index is 0.125. The fraction of sp³-hybridized carbons (Fsp3) is 0.476. The van der Waals surface area contributed by atoms with Gasteiger partial charge in [0.2, 0.25) is 0 Å². The second-order valence-corrected chi connectivity index (χ2v) is 10.6. The Balaban J connectivity index is 1.48. The van der Waals surface area contributed by atoms with Crippen LogP contribution in [0.3, 0.4) is 0 Å². The van der Waals surface area contributed by atoms with Gasteiger partial charge in [-0.15, -0.1) is 23.1 Å². The van der Waals surface area contributed by atoms with Crippen molar-refractivity contribution in [2.75, 3.05) is 45.3 Å². The number of β-lactam (4-membered cyclic amide) rings is 1. The second kappa shape index (κ2) is 9.76. The highest BCUT2D eigenvalue weighted by atomic mass is 32.2. The van der Waals surface area contributed by atoms with Crippen molar-refractivity contribution < 1.29 is 28.8 Å². The van der Waals surface area contributed by atoms with Gasteiger partial charge in [-0.05, 0) is 11.6 Å². The molecule has 1 aromatic rings. The summed E-state index contributed by atoms with van der Waals surface area (Å²) in [5, 5.41) is 19.5. The summed E-state index contributed by atoms with van der Waals surface area (Å²) in [6, 6.07) is -0.913. The lowest BCUT2D eigenvalue weighted by molar-refractivity contribution is -0.891. The Morgan fingerprint density at radius 3 is 2.79 bits per heavy atom. The topological polar surface area (TPSA) is 150 Å². The molecule has 2 atom stereocenters. The maximum Gasteiger partial charge on any atom is 0.276 e. The van der Waals surface area contributed by atoms with Gasteiger partial charge in [0.15, 0.2) is 10.8 Å². The van der Waals surface area contributed by atoms with Crippen molar-refractivity contribution in [3.63, 3.8) is 0 Å². The van der Waals surface area contributed by atoms with Crippen LogP contribution in [-0.2, 0) is 19.2 Å². The third-order valence-electron chi connectivity index (χ3n) is 6.15. The summed E-state index contributed by atoms with van der Waals surface area (Å²) >= 11 is 2.52. The van der Waals surface area contributed by atoms with E-state index in [0.717, 1.165) is 35.5 Å². The van der Waals surface area contributed by atoms with Crippen molar-refractivity contribution in [3.05, 3.63) is 34.5 Å². The van der Waals surface area contributed by atoms with E-state index in [2.05, 4.69) is 22.5 Å². The van der Waals surface area contributed by atoms with Crippen molar-refractivity contribution in [2.45, 2.75) is 24.3 Å². The van der Waals surface area contributed by atoms with Gasteiger partial charge in [0, 0.05) is 24.0 Å². The lowest BCUT2D eigenvalue weighted by atomic mass is 10.0. The molecule has 4 heterocycles. The van der Waals surface area contributed by atoms with Crippen LogP contribution in [0.5, 0.6) is 0 Å². The van der Waals surface area contributed by atoms with Crippen LogP contribution < -0.4 is 16.2 Å². The van der Waals surface area contributed by atoms with E-state index in [1.165, 1.54) is 36.6 Å². The van der Waals surface area contributed by atoms with E-state index in [1.807, 2.05) is 6.08 Å². The number of carboxylic acid groups (broad SMARTS) is 1. The number of quaternary nitrogens is 1. The third-order valence-corrected chi connectivity index (χ3v) is 8.13. The Kier molecular flexibility index (Phi) is 6.96. The number of likely N-dealkylation sites (N-methyl/N-ethyl adjacent to an activating group) is 1. The van der Waals surface area contributed by atoms with E-state index in [9.17, 15) is 19.5 Å². The number of carbonyl (C=O) groups excluding carboxylic acids is 3. The first-order chi connectivity index (χ1) is 16.2. The molecular weight excluding hydrogens is 480 g/mol. The van der Waals surface area contributed by atoms with Crippen LogP contribution in [0.4, 0.5) is 5.13 Å². The number of nitrogens with zero attached hydrogens (tertiary/aromatic N) is 4. The maximum atomic E-state index is 12.9. The largest absolute Gasteiger partial charge is 0.543 e. The first kappa shape index (κ1) is 24.2. The highest BCUT2D eigenvalue weighted by Crippen LogP contribution is 2.40. The van der Waals surface area contributed by atoms with E-state index in [-0.39, 0.29) is 22.2 Å². The number of thioether (sulfide) groups is 1. The number of hydrogen-bond acceptors (Lipinski definition) is 10. The number of fused-ring (bicyclic) bond motifs is 1. The summed E-state index contributed by atoms with van der Waals surface area (Å²) < 4.78 is 0.924. The third kappa shape index (κ3) is 4.68. The molecule has 3 N–H and O–H groups in total. The average Bonchev–Trinajstić information content (AvgIpc) is 3.43. The normalized spacial score (nSPS) is 24.2. The Labute approximate surface area is 204 Å². The number of aromatic nitrogens is 1. The number of amides is 2. The molecule has 3 aliphatic rings. The molecule has 13 heteroatoms. The number of nitrogens with two attached hydrogens (primary N) is 1. The number of likely N-dealkylation sites (tertiary alicyclic amines) is 1. The molecule has 4 rings (SSSR count). The van der Waals surface area contributed by atoms with Crippen LogP contribution >= 0.6 is 23.1 Å². The fourth-order valence-corrected chi connectivity index (χ4v) is 6.26. The summed E-state index contributed by atoms with van der Waals surface area (Å²) in [4.78, 5) is 47.6. The Bertz CT molecular complexity index is 1090. The number of anilines is 1. The van der Waals surface area contributed by atoms with E-state index in [4.69, 9.17) is 10.6 Å². The fourth-order valence-electron chi connectivity index (χ4n) is 4.39. The molecule has 0 spiro atoms. The second-order valence-electron chi connectivity index (χ2n) is 8.57. The van der Waals surface area contributed by atoms with Gasteiger partial charge in [-0.2, -0.15) is 0 Å². The van der Waals surface area contributed by atoms with Gasteiger partial charge in [0.1, 0.15) is 24.2 Å². The molecule has 182 valence electrons. The van der Waals surface area contributed by atoms with Gasteiger partial charge in [0.05, 0.1) is 38.3 Å². The quantitative estimate of drug-likeness (QED) is 0.203. The molecule has 1 aromatic heterocycles. The van der Waals surface area contributed by atoms with Crippen molar-refractivity contribution in [2.24, 2.45) is 5.16 Å². The highest BCUT2D eigenvalue weighted by molar-refractivity contribution is 8.00. The number of nitrogen functional groups attached to an aromatic ring is 1. The van der Waals surface area contributed by atoms with E-state index < -0.39 is 29.2 Å². The summed E-state index contributed by atoms with van der Waals surface area (Å²) in [6.07, 6.45) is 6.14. The number of thiazole rings is 1. The van der Waals surface area contributed by atoms with E-state index in [1.54, 1.807) is 11.5 Å². The van der Waals surface area contributed by atoms with Crippen LogP contribution in [0.15, 0.2) is 34.0 Å². The summed E-state index contributed by atoms with van der Waals surface area (Å²) in [5.41, 5.74) is 6.12. The first-order valence-electron chi connectivity index (χ1n) is 10.8. The molecule has 2 fully saturated rings. The Hall–Kier alpha value is -2.90. The maximum absolute atomic E-state index is 12.9. The van der Waals surface area contributed by atoms with Gasteiger partial charge in [-0.25, -0.2) is 4.98 Å². The lowest BCUT2D eigenvalue weighted by Gasteiger charge is -2.50. The molecule has 0 bridgehead atoms. The Morgan fingerprint density at radius 1 is 1.44 bits per heavy atom. The van der Waals surface area contributed by atoms with Gasteiger partial charge in [0.25, 0.3) is 11.8 Å². The number of carboxylic acids is 1. The standard InChI is InChI=1S/C21H26N6O5S2/c1-27(7-3-4-8-27)9-5-6-12-10-33-19-15(18(29)26(19)16(12)20(30)31)24-17(28)14(25-32-2)13-11-34-21(22)23-13/h5-6,11,15,19H,3-4,7-10H2,1-2H3,(H3-,22,23,24,28,30,31)/b6-5+,25-14-/t15?,19-/m0/s1. The van der Waals surface area contributed by atoms with Gasteiger partial charge < -0.3 is 30.3 Å². The molecule has 0 aromatic carbocycles. The molecule has 3 aliphatic heterocycles. The van der Waals surface area contributed by atoms with Crippen molar-refractivity contribution >= 4 is 51.7 Å². The number of carbonyl (C=O) groups is 3. The summed E-state index contributed by atoms with van der Waals surface area (Å²) in [5.74, 6) is -2.22. The molecule has 0 aliphatic carbocycles. The minimum atomic E-state index is -1.41. The first-order valence-corrected chi connectivity index (χ1v) is 12.7. The van der Waals surface area contributed by atoms with Gasteiger partial charge >= 0.3 is 0 Å². The SMILES string of the molecule is CO/N=C(\C(=O)NC1C(=O)N2C(C(=O)[O-])=C(/C=C/C[N+]3(C)CCCC3)CS[C@@H]12)c1csc(N)n1. The smallest absolute Gasteiger partial charge is 0.276 e. The molecule has 11 nitrogen and oxygen atoms in total. The molecule has 1 unspecified atom stereocenters. The number of aliphatic carboxylic acids is 1. The molecule has 34 heavy (non-hydrogen) atoms. The molecule has 0 saturated carbocycles. The van der Waals surface area contributed by atoms with Gasteiger partial charge in [-0.3, -0.25) is 14.5 Å². The summed E-state index contributed by atoms with van der Waals surface area (Å²) in [7, 11) is 3.47. The van der Waals surface area contributed by atoms with E-state index in [0.29, 0.717) is 11.3 Å². The van der Waals surface area contributed by atoms with Crippen molar-refractivity contribution in [1.29, 1.82) is 0 Å². The predicted molar refractivity (Wildman–Crippen MR) is 126 cm³/mol. The van der Waals surface area contributed by atoms with Gasteiger partial charge in [-0.1, -0.05) is 11.2 Å². The monoisotopic (exact) mass is 506 g/mol. The number of allylic oxidation sites excluding steroid dienone is 1. The number of oxime groups is 1.